The quantitative estimate of drug-likeness (QED) is 0.676. The van der Waals surface area contributed by atoms with Gasteiger partial charge in [-0.15, -0.1) is 0 Å². The minimum atomic E-state index is -0.923. The Labute approximate surface area is 130 Å². The zero-order chi connectivity index (χ0) is 14.3. The normalized spacial score (nSPS) is 12.8. The fourth-order valence-corrected chi connectivity index (χ4v) is 2.56. The molecular formula is C15H9Cl3O2. The summed E-state index contributed by atoms with van der Waals surface area (Å²) >= 11 is 17.9. The highest BCUT2D eigenvalue weighted by Crippen LogP contribution is 2.33. The number of hydrogen-bond donors (Lipinski definition) is 1. The van der Waals surface area contributed by atoms with Gasteiger partial charge in [0.2, 0.25) is 0 Å². The Hall–Kier alpha value is -1.19. The Kier molecular flexibility index (Phi) is 3.65. The van der Waals surface area contributed by atoms with E-state index in [1.165, 1.54) is 0 Å². The zero-order valence-corrected chi connectivity index (χ0v) is 12.4. The molecule has 102 valence electrons. The number of halogens is 3. The van der Waals surface area contributed by atoms with E-state index in [0.29, 0.717) is 32.0 Å². The summed E-state index contributed by atoms with van der Waals surface area (Å²) in [5.74, 6) is 0.409. The monoisotopic (exact) mass is 326 g/mol. The summed E-state index contributed by atoms with van der Waals surface area (Å²) in [6.45, 7) is 0. The van der Waals surface area contributed by atoms with Crippen LogP contribution in [0.3, 0.4) is 0 Å². The fraction of sp³-hybridized carbons (Fsp3) is 0.0667. The number of benzene rings is 2. The highest BCUT2D eigenvalue weighted by molar-refractivity contribution is 6.42. The highest BCUT2D eigenvalue weighted by atomic mass is 35.5. The molecule has 0 fully saturated rings. The van der Waals surface area contributed by atoms with Crippen molar-refractivity contribution < 1.29 is 9.52 Å². The topological polar surface area (TPSA) is 33.4 Å². The van der Waals surface area contributed by atoms with Crippen LogP contribution in [-0.2, 0) is 0 Å². The molecule has 3 rings (SSSR count). The van der Waals surface area contributed by atoms with Crippen LogP contribution in [0.25, 0.3) is 11.0 Å². The lowest BCUT2D eigenvalue weighted by molar-refractivity contribution is 0.192. The SMILES string of the molecule is OC(c1ccc(Cl)c(Cl)c1)c1cc2cccc(Cl)c2o1. The molecule has 1 heterocycles. The second-order valence-corrected chi connectivity index (χ2v) is 5.60. The van der Waals surface area contributed by atoms with Crippen LogP contribution in [-0.4, -0.2) is 5.11 Å². The lowest BCUT2D eigenvalue weighted by Crippen LogP contribution is -1.97. The predicted octanol–water partition coefficient (Wildman–Crippen LogP) is 5.47. The zero-order valence-electron chi connectivity index (χ0n) is 10.1. The number of para-hydroxylation sites is 1. The van der Waals surface area contributed by atoms with Gasteiger partial charge in [-0.2, -0.15) is 0 Å². The molecule has 1 unspecified atom stereocenters. The Morgan fingerprint density at radius 1 is 0.900 bits per heavy atom. The number of hydrogen-bond acceptors (Lipinski definition) is 2. The van der Waals surface area contributed by atoms with E-state index in [4.69, 9.17) is 39.2 Å². The van der Waals surface area contributed by atoms with Gasteiger partial charge >= 0.3 is 0 Å². The van der Waals surface area contributed by atoms with Crippen LogP contribution >= 0.6 is 34.8 Å². The van der Waals surface area contributed by atoms with Crippen LogP contribution in [0.4, 0.5) is 0 Å². The van der Waals surface area contributed by atoms with E-state index in [1.807, 2.05) is 12.1 Å². The second-order valence-electron chi connectivity index (χ2n) is 4.38. The van der Waals surface area contributed by atoms with Gasteiger partial charge in [-0.3, -0.25) is 0 Å². The molecule has 0 saturated carbocycles. The molecule has 0 radical (unpaired) electrons. The summed E-state index contributed by atoms with van der Waals surface area (Å²) in [6, 6.07) is 12.2. The van der Waals surface area contributed by atoms with Crippen molar-refractivity contribution in [1.82, 2.24) is 0 Å². The van der Waals surface area contributed by atoms with Crippen LogP contribution in [0.2, 0.25) is 15.1 Å². The molecule has 1 atom stereocenters. The largest absolute Gasteiger partial charge is 0.456 e. The third-order valence-corrected chi connectivity index (χ3v) is 4.08. The van der Waals surface area contributed by atoms with Gasteiger partial charge < -0.3 is 9.52 Å². The van der Waals surface area contributed by atoms with E-state index in [1.54, 1.807) is 30.3 Å². The Bertz CT molecular complexity index is 780. The molecule has 0 amide bonds. The van der Waals surface area contributed by atoms with Gasteiger partial charge in [-0.25, -0.2) is 0 Å². The molecular weight excluding hydrogens is 319 g/mol. The maximum Gasteiger partial charge on any atom is 0.153 e. The van der Waals surface area contributed by atoms with Gasteiger partial charge in [0.05, 0.1) is 15.1 Å². The summed E-state index contributed by atoms with van der Waals surface area (Å²) < 4.78 is 5.63. The molecule has 20 heavy (non-hydrogen) atoms. The summed E-state index contributed by atoms with van der Waals surface area (Å²) in [5, 5.41) is 12.5. The first-order valence-electron chi connectivity index (χ1n) is 5.87. The number of fused-ring (bicyclic) bond motifs is 1. The smallest absolute Gasteiger partial charge is 0.153 e. The van der Waals surface area contributed by atoms with Crippen LogP contribution < -0.4 is 0 Å². The van der Waals surface area contributed by atoms with Crippen molar-refractivity contribution >= 4 is 45.8 Å². The molecule has 2 nitrogen and oxygen atoms in total. The molecule has 1 aromatic heterocycles. The van der Waals surface area contributed by atoms with Crippen molar-refractivity contribution in [3.63, 3.8) is 0 Å². The fourth-order valence-electron chi connectivity index (χ4n) is 2.03. The van der Waals surface area contributed by atoms with Crippen LogP contribution in [0.1, 0.15) is 17.4 Å². The highest BCUT2D eigenvalue weighted by Gasteiger charge is 2.17. The first-order valence-corrected chi connectivity index (χ1v) is 7.00. The average molecular weight is 328 g/mol. The van der Waals surface area contributed by atoms with Crippen molar-refractivity contribution in [2.75, 3.05) is 0 Å². The molecule has 0 aliphatic heterocycles. The number of furan rings is 1. The van der Waals surface area contributed by atoms with Crippen molar-refractivity contribution in [1.29, 1.82) is 0 Å². The van der Waals surface area contributed by atoms with Crippen LogP contribution in [0, 0.1) is 0 Å². The van der Waals surface area contributed by atoms with E-state index in [0.717, 1.165) is 5.39 Å². The maximum absolute atomic E-state index is 10.4. The predicted molar refractivity (Wildman–Crippen MR) is 81.7 cm³/mol. The molecule has 3 aromatic rings. The van der Waals surface area contributed by atoms with E-state index < -0.39 is 6.10 Å². The standard InChI is InChI=1S/C15H9Cl3O2/c16-10-5-4-8(6-12(10)18)14(19)13-7-9-2-1-3-11(17)15(9)20-13/h1-7,14,19H. The third kappa shape index (κ3) is 2.40. The molecule has 2 aromatic carbocycles. The van der Waals surface area contributed by atoms with Crippen LogP contribution in [0.5, 0.6) is 0 Å². The van der Waals surface area contributed by atoms with Gasteiger partial charge in [-0.1, -0.05) is 53.0 Å². The summed E-state index contributed by atoms with van der Waals surface area (Å²) in [5.41, 5.74) is 1.16. The average Bonchev–Trinajstić information content (AvgIpc) is 2.86. The van der Waals surface area contributed by atoms with E-state index in [9.17, 15) is 5.11 Å². The van der Waals surface area contributed by atoms with Crippen molar-refractivity contribution in [3.8, 4) is 0 Å². The summed E-state index contributed by atoms with van der Waals surface area (Å²) in [4.78, 5) is 0. The Morgan fingerprint density at radius 3 is 2.40 bits per heavy atom. The van der Waals surface area contributed by atoms with E-state index in [-0.39, 0.29) is 0 Å². The third-order valence-electron chi connectivity index (χ3n) is 3.04. The van der Waals surface area contributed by atoms with Crippen molar-refractivity contribution in [3.05, 3.63) is 68.9 Å². The summed E-state index contributed by atoms with van der Waals surface area (Å²) in [6.07, 6.45) is -0.923. The lowest BCUT2D eigenvalue weighted by atomic mass is 10.1. The van der Waals surface area contributed by atoms with Gasteiger partial charge in [0.15, 0.2) is 5.58 Å². The van der Waals surface area contributed by atoms with Gasteiger partial charge in [0.1, 0.15) is 11.9 Å². The van der Waals surface area contributed by atoms with E-state index >= 15 is 0 Å². The minimum absolute atomic E-state index is 0.386. The molecule has 0 aliphatic carbocycles. The van der Waals surface area contributed by atoms with Gasteiger partial charge in [0.25, 0.3) is 0 Å². The number of aliphatic hydroxyl groups is 1. The number of rotatable bonds is 2. The van der Waals surface area contributed by atoms with Gasteiger partial charge in [0, 0.05) is 5.39 Å². The van der Waals surface area contributed by atoms with Crippen molar-refractivity contribution in [2.45, 2.75) is 6.10 Å². The molecule has 5 heteroatoms. The number of aliphatic hydroxyl groups excluding tert-OH is 1. The Balaban J connectivity index is 2.05. The lowest BCUT2D eigenvalue weighted by Gasteiger charge is -2.08. The van der Waals surface area contributed by atoms with E-state index in [2.05, 4.69) is 0 Å². The maximum atomic E-state index is 10.4. The summed E-state index contributed by atoms with van der Waals surface area (Å²) in [7, 11) is 0. The molecule has 1 N–H and O–H groups in total. The minimum Gasteiger partial charge on any atom is -0.456 e. The molecule has 0 aliphatic rings. The first kappa shape index (κ1) is 13.8. The van der Waals surface area contributed by atoms with Crippen molar-refractivity contribution in [2.24, 2.45) is 0 Å². The molecule has 0 saturated heterocycles. The first-order chi connectivity index (χ1) is 9.56. The Morgan fingerprint density at radius 2 is 1.70 bits per heavy atom. The molecule has 0 spiro atoms. The van der Waals surface area contributed by atoms with Crippen LogP contribution in [0.15, 0.2) is 46.9 Å². The molecule has 0 bridgehead atoms. The second kappa shape index (κ2) is 5.30. The van der Waals surface area contributed by atoms with Gasteiger partial charge in [-0.05, 0) is 29.8 Å².